The van der Waals surface area contributed by atoms with Gasteiger partial charge in [-0.05, 0) is 48.0 Å². The lowest BCUT2D eigenvalue weighted by atomic mass is 10.2. The molecule has 1 saturated heterocycles. The number of hydrogen-bond acceptors (Lipinski definition) is 4. The van der Waals surface area contributed by atoms with E-state index in [9.17, 15) is 14.4 Å². The van der Waals surface area contributed by atoms with Gasteiger partial charge >= 0.3 is 0 Å². The van der Waals surface area contributed by atoms with Gasteiger partial charge in [0.15, 0.2) is 0 Å². The number of nitrogens with zero attached hydrogens (tertiary/aromatic N) is 1. The fourth-order valence-corrected chi connectivity index (χ4v) is 3.32. The molecule has 2 aromatic carbocycles. The molecule has 3 rings (SSSR count). The summed E-state index contributed by atoms with van der Waals surface area (Å²) in [6.07, 6.45) is 5.16. The smallest absolute Gasteiger partial charge is 0.294 e. The minimum Gasteiger partial charge on any atom is -0.325 e. The molecule has 0 saturated carbocycles. The van der Waals surface area contributed by atoms with E-state index in [1.165, 1.54) is 0 Å². The molecule has 1 aliphatic rings. The minimum absolute atomic E-state index is 0.301. The molecule has 0 spiro atoms. The van der Waals surface area contributed by atoms with E-state index in [2.05, 4.69) is 5.32 Å². The normalized spacial score (nSPS) is 15.7. The summed E-state index contributed by atoms with van der Waals surface area (Å²) in [4.78, 5) is 37.9. The van der Waals surface area contributed by atoms with Crippen molar-refractivity contribution in [1.82, 2.24) is 4.90 Å². The van der Waals surface area contributed by atoms with Crippen LogP contribution in [0.5, 0.6) is 0 Å². The molecule has 0 aliphatic carbocycles. The van der Waals surface area contributed by atoms with Gasteiger partial charge in [0, 0.05) is 5.69 Å². The van der Waals surface area contributed by atoms with Gasteiger partial charge in [-0.15, -0.1) is 0 Å². The monoisotopic (exact) mass is 378 g/mol. The van der Waals surface area contributed by atoms with Crippen LogP contribution in [0.3, 0.4) is 0 Å². The summed E-state index contributed by atoms with van der Waals surface area (Å²) in [7, 11) is 0. The summed E-state index contributed by atoms with van der Waals surface area (Å²) in [5, 5.41) is 2.26. The van der Waals surface area contributed by atoms with Crippen molar-refractivity contribution in [3.05, 3.63) is 82.8 Å². The second kappa shape index (κ2) is 8.51. The Morgan fingerprint density at radius 1 is 1.11 bits per heavy atom. The Balaban J connectivity index is 1.62. The number of benzene rings is 2. The predicted molar refractivity (Wildman–Crippen MR) is 108 cm³/mol. The van der Waals surface area contributed by atoms with Crippen molar-refractivity contribution < 1.29 is 14.4 Å². The maximum atomic E-state index is 12.4. The Hall–Kier alpha value is -3.12. The van der Waals surface area contributed by atoms with Gasteiger partial charge in [0.1, 0.15) is 6.54 Å². The molecule has 0 radical (unpaired) electrons. The fraction of sp³-hybridized carbons (Fsp3) is 0.0952. The second-order valence-electron chi connectivity index (χ2n) is 5.98. The molecule has 0 atom stereocenters. The lowest BCUT2D eigenvalue weighted by Crippen LogP contribution is -2.36. The summed E-state index contributed by atoms with van der Waals surface area (Å²) in [6.45, 7) is 1.61. The number of thioether (sulfide) groups is 1. The highest BCUT2D eigenvalue weighted by atomic mass is 32.2. The third-order valence-electron chi connectivity index (χ3n) is 3.81. The van der Waals surface area contributed by atoms with Crippen molar-refractivity contribution in [2.45, 2.75) is 6.92 Å². The number of aryl methyl sites for hydroxylation is 1. The predicted octanol–water partition coefficient (Wildman–Crippen LogP) is 4.23. The van der Waals surface area contributed by atoms with E-state index in [0.29, 0.717) is 10.6 Å². The molecular formula is C21H18N2O3S. The van der Waals surface area contributed by atoms with E-state index in [-0.39, 0.29) is 6.54 Å². The number of rotatable bonds is 5. The van der Waals surface area contributed by atoms with Gasteiger partial charge in [-0.25, -0.2) is 0 Å². The molecule has 27 heavy (non-hydrogen) atoms. The van der Waals surface area contributed by atoms with Gasteiger partial charge in [-0.3, -0.25) is 19.3 Å². The van der Waals surface area contributed by atoms with Gasteiger partial charge in [0.2, 0.25) is 5.91 Å². The van der Waals surface area contributed by atoms with Crippen molar-refractivity contribution in [1.29, 1.82) is 0 Å². The third-order valence-corrected chi connectivity index (χ3v) is 4.74. The molecule has 1 N–H and O–H groups in total. The number of carbonyl (C=O) groups is 3. The molecule has 6 heteroatoms. The topological polar surface area (TPSA) is 66.5 Å². The van der Waals surface area contributed by atoms with Crippen LogP contribution >= 0.6 is 11.8 Å². The van der Waals surface area contributed by atoms with Crippen molar-refractivity contribution >= 4 is 40.6 Å². The molecule has 0 bridgehead atoms. The van der Waals surface area contributed by atoms with Crippen molar-refractivity contribution in [3.8, 4) is 0 Å². The highest BCUT2D eigenvalue weighted by Gasteiger charge is 2.35. The highest BCUT2D eigenvalue weighted by molar-refractivity contribution is 8.18. The zero-order valence-electron chi connectivity index (χ0n) is 14.7. The van der Waals surface area contributed by atoms with Crippen LogP contribution in [0.25, 0.3) is 6.08 Å². The summed E-state index contributed by atoms with van der Waals surface area (Å²) in [5.74, 6) is -0.869. The number of carbonyl (C=O) groups excluding carboxylic acids is 3. The molecule has 3 amide bonds. The van der Waals surface area contributed by atoms with Crippen LogP contribution in [-0.4, -0.2) is 28.5 Å². The number of allylic oxidation sites excluding steroid dienone is 2. The Morgan fingerprint density at radius 2 is 1.89 bits per heavy atom. The molecular weight excluding hydrogens is 360 g/mol. The lowest BCUT2D eigenvalue weighted by Gasteiger charge is -2.12. The maximum absolute atomic E-state index is 12.4. The second-order valence-corrected chi connectivity index (χ2v) is 6.97. The molecule has 5 nitrogen and oxygen atoms in total. The Morgan fingerprint density at radius 3 is 2.63 bits per heavy atom. The first-order valence-corrected chi connectivity index (χ1v) is 9.18. The van der Waals surface area contributed by atoms with E-state index < -0.39 is 17.1 Å². The van der Waals surface area contributed by atoms with Gasteiger partial charge in [-0.2, -0.15) is 0 Å². The fourth-order valence-electron chi connectivity index (χ4n) is 2.53. The molecule has 2 aromatic rings. The summed E-state index contributed by atoms with van der Waals surface area (Å²) in [5.41, 5.74) is 2.63. The molecule has 0 unspecified atom stereocenters. The van der Waals surface area contributed by atoms with Crippen LogP contribution in [0.4, 0.5) is 10.5 Å². The van der Waals surface area contributed by atoms with Gasteiger partial charge in [0.05, 0.1) is 4.91 Å². The number of imide groups is 1. The number of hydrogen-bond donors (Lipinski definition) is 1. The van der Waals surface area contributed by atoms with E-state index in [1.807, 2.05) is 61.5 Å². The SMILES string of the molecule is Cc1cccc(NC(=O)CN2C(=O)S/C(=C/C=C/c3ccccc3)C2=O)c1. The van der Waals surface area contributed by atoms with Crippen LogP contribution in [0.2, 0.25) is 0 Å². The zero-order chi connectivity index (χ0) is 19.2. The first-order valence-electron chi connectivity index (χ1n) is 8.36. The Kier molecular flexibility index (Phi) is 5.88. The first kappa shape index (κ1) is 18.7. The maximum Gasteiger partial charge on any atom is 0.294 e. The molecule has 1 fully saturated rings. The summed E-state index contributed by atoms with van der Waals surface area (Å²) < 4.78 is 0. The van der Waals surface area contributed by atoms with Crippen LogP contribution in [0.15, 0.2) is 71.7 Å². The lowest BCUT2D eigenvalue weighted by molar-refractivity contribution is -0.127. The van der Waals surface area contributed by atoms with Gasteiger partial charge < -0.3 is 5.32 Å². The molecule has 0 aromatic heterocycles. The van der Waals surface area contributed by atoms with Gasteiger partial charge in [-0.1, -0.05) is 54.6 Å². The average Bonchev–Trinajstić information content (AvgIpc) is 2.90. The third kappa shape index (κ3) is 4.95. The molecule has 136 valence electrons. The van der Waals surface area contributed by atoms with Crippen molar-refractivity contribution in [3.63, 3.8) is 0 Å². The first-order chi connectivity index (χ1) is 13.0. The minimum atomic E-state index is -0.456. The Labute approximate surface area is 161 Å². The van der Waals surface area contributed by atoms with Crippen LogP contribution < -0.4 is 5.32 Å². The number of amides is 3. The van der Waals surface area contributed by atoms with Crippen LogP contribution in [0, 0.1) is 6.92 Å². The van der Waals surface area contributed by atoms with E-state index in [1.54, 1.807) is 18.2 Å². The standard InChI is InChI=1S/C21H18N2O3S/c1-15-7-5-11-17(13-15)22-19(24)14-23-20(25)18(27-21(23)26)12-6-10-16-8-3-2-4-9-16/h2-13H,14H2,1H3,(H,22,24)/b10-6+,18-12+. The van der Waals surface area contributed by atoms with E-state index in [4.69, 9.17) is 0 Å². The highest BCUT2D eigenvalue weighted by Crippen LogP contribution is 2.30. The number of nitrogens with one attached hydrogen (secondary N) is 1. The summed E-state index contributed by atoms with van der Waals surface area (Å²) in [6, 6.07) is 16.9. The summed E-state index contributed by atoms with van der Waals surface area (Å²) >= 11 is 0.835. The Bertz CT molecular complexity index is 935. The van der Waals surface area contributed by atoms with Crippen molar-refractivity contribution in [2.75, 3.05) is 11.9 Å². The van der Waals surface area contributed by atoms with E-state index >= 15 is 0 Å². The largest absolute Gasteiger partial charge is 0.325 e. The zero-order valence-corrected chi connectivity index (χ0v) is 15.5. The molecule has 1 heterocycles. The van der Waals surface area contributed by atoms with Crippen molar-refractivity contribution in [2.24, 2.45) is 0 Å². The van der Waals surface area contributed by atoms with Crippen LogP contribution in [0.1, 0.15) is 11.1 Å². The molecule has 1 aliphatic heterocycles. The van der Waals surface area contributed by atoms with E-state index in [0.717, 1.165) is 27.8 Å². The quantitative estimate of drug-likeness (QED) is 0.791. The average molecular weight is 378 g/mol. The number of anilines is 1. The van der Waals surface area contributed by atoms with Gasteiger partial charge in [0.25, 0.3) is 11.1 Å². The van der Waals surface area contributed by atoms with Crippen LogP contribution in [-0.2, 0) is 9.59 Å².